The van der Waals surface area contributed by atoms with Gasteiger partial charge >= 0.3 is 6.03 Å². The molecule has 2 amide bonds. The van der Waals surface area contributed by atoms with E-state index in [4.69, 9.17) is 0 Å². The first kappa shape index (κ1) is 10.5. The second-order valence-electron chi connectivity index (χ2n) is 3.79. The van der Waals surface area contributed by atoms with E-state index in [1.165, 1.54) is 5.57 Å². The zero-order valence-corrected chi connectivity index (χ0v) is 10.4. The van der Waals surface area contributed by atoms with Gasteiger partial charge in [-0.3, -0.25) is 4.90 Å². The van der Waals surface area contributed by atoms with Crippen molar-refractivity contribution in [3.05, 3.63) is 34.2 Å². The lowest BCUT2D eigenvalue weighted by Gasteiger charge is -2.31. The molecular formula is C11H13BrN2O. The predicted molar refractivity (Wildman–Crippen MR) is 63.1 cm³/mol. The summed E-state index contributed by atoms with van der Waals surface area (Å²) in [5.74, 6) is 0. The Morgan fingerprint density at radius 2 is 2.20 bits per heavy atom. The summed E-state index contributed by atoms with van der Waals surface area (Å²) in [6.45, 7) is 2.07. The monoisotopic (exact) mass is 268 g/mol. The minimum atomic E-state index is -0.00861. The van der Waals surface area contributed by atoms with E-state index in [1.807, 2.05) is 18.5 Å². The Labute approximate surface area is 97.9 Å². The van der Waals surface area contributed by atoms with E-state index < -0.39 is 0 Å². The van der Waals surface area contributed by atoms with Gasteiger partial charge in [0.15, 0.2) is 0 Å². The van der Waals surface area contributed by atoms with E-state index in [0.29, 0.717) is 0 Å². The molecule has 2 aliphatic rings. The van der Waals surface area contributed by atoms with Crippen LogP contribution < -0.4 is 0 Å². The largest absolute Gasteiger partial charge is 0.332 e. The number of amides is 2. The normalized spacial score (nSPS) is 21.5. The zero-order chi connectivity index (χ0) is 11.0. The van der Waals surface area contributed by atoms with Crippen molar-refractivity contribution in [2.75, 3.05) is 7.05 Å². The number of hydrogen-bond acceptors (Lipinski definition) is 1. The molecule has 0 aromatic carbocycles. The molecule has 0 unspecified atom stereocenters. The van der Waals surface area contributed by atoms with E-state index in [2.05, 4.69) is 22.9 Å². The second-order valence-corrected chi connectivity index (χ2v) is 4.65. The van der Waals surface area contributed by atoms with Crippen molar-refractivity contribution in [2.24, 2.45) is 0 Å². The third-order valence-corrected chi connectivity index (χ3v) is 3.21. The molecule has 2 heterocycles. The predicted octanol–water partition coefficient (Wildman–Crippen LogP) is 3.17. The number of carbonyl (C=O) groups excluding carboxylic acids is 1. The summed E-state index contributed by atoms with van der Waals surface area (Å²) in [4.78, 5) is 15.2. The maximum absolute atomic E-state index is 11.9. The second kappa shape index (κ2) is 3.85. The fourth-order valence-electron chi connectivity index (χ4n) is 1.81. The molecule has 2 rings (SSSR count). The quantitative estimate of drug-likeness (QED) is 0.662. The van der Waals surface area contributed by atoms with Crippen molar-refractivity contribution < 1.29 is 4.79 Å². The van der Waals surface area contributed by atoms with Crippen LogP contribution >= 0.6 is 15.9 Å². The minimum absolute atomic E-state index is 0.00861. The van der Waals surface area contributed by atoms with Crippen LogP contribution in [0.3, 0.4) is 0 Å². The summed E-state index contributed by atoms with van der Waals surface area (Å²) in [6, 6.07) is -0.00861. The van der Waals surface area contributed by atoms with Crippen molar-refractivity contribution in [1.29, 1.82) is 0 Å². The number of fused-ring (bicyclic) bond motifs is 1. The molecule has 0 atom stereocenters. The van der Waals surface area contributed by atoms with Gasteiger partial charge in [0.1, 0.15) is 0 Å². The lowest BCUT2D eigenvalue weighted by Crippen LogP contribution is -2.38. The standard InChI is InChI=1S/C11H13BrN2O/c1-8-5-3-4-6-14-10(8)9(12)7-13(2)11(14)15/h4,6-7H,3,5H2,1-2H3. The van der Waals surface area contributed by atoms with Crippen LogP contribution in [0.15, 0.2) is 34.2 Å². The molecule has 0 aromatic heterocycles. The van der Waals surface area contributed by atoms with Crippen molar-refractivity contribution in [1.82, 2.24) is 9.80 Å². The zero-order valence-electron chi connectivity index (χ0n) is 8.83. The van der Waals surface area contributed by atoms with Gasteiger partial charge in [-0.1, -0.05) is 6.08 Å². The number of allylic oxidation sites excluding steroid dienone is 3. The third-order valence-electron chi connectivity index (χ3n) is 2.63. The molecule has 2 aliphatic heterocycles. The lowest BCUT2D eigenvalue weighted by atomic mass is 10.1. The van der Waals surface area contributed by atoms with Crippen LogP contribution in [-0.4, -0.2) is 22.9 Å². The number of rotatable bonds is 0. The molecular weight excluding hydrogens is 256 g/mol. The molecule has 0 saturated heterocycles. The van der Waals surface area contributed by atoms with E-state index in [-0.39, 0.29) is 6.03 Å². The molecule has 0 fully saturated rings. The van der Waals surface area contributed by atoms with Crippen LogP contribution in [0.4, 0.5) is 4.79 Å². The Hall–Kier alpha value is -1.03. The van der Waals surface area contributed by atoms with Gasteiger partial charge in [0.25, 0.3) is 0 Å². The Bertz CT molecular complexity index is 395. The van der Waals surface area contributed by atoms with Gasteiger partial charge in [0, 0.05) is 19.4 Å². The lowest BCUT2D eigenvalue weighted by molar-refractivity contribution is 0.200. The first-order valence-corrected chi connectivity index (χ1v) is 5.70. The van der Waals surface area contributed by atoms with Gasteiger partial charge < -0.3 is 4.90 Å². The molecule has 0 aliphatic carbocycles. The van der Waals surface area contributed by atoms with Gasteiger partial charge in [-0.2, -0.15) is 0 Å². The first-order valence-electron chi connectivity index (χ1n) is 4.91. The fraction of sp³-hybridized carbons (Fsp3) is 0.364. The summed E-state index contributed by atoms with van der Waals surface area (Å²) < 4.78 is 0.966. The number of urea groups is 1. The number of hydrogen-bond donors (Lipinski definition) is 0. The topological polar surface area (TPSA) is 23.6 Å². The van der Waals surface area contributed by atoms with Crippen molar-refractivity contribution in [3.8, 4) is 0 Å². The average molecular weight is 269 g/mol. The highest BCUT2D eigenvalue weighted by molar-refractivity contribution is 9.12. The molecule has 0 spiro atoms. The minimum Gasteiger partial charge on any atom is -0.302 e. The molecule has 15 heavy (non-hydrogen) atoms. The molecule has 0 N–H and O–H groups in total. The summed E-state index contributed by atoms with van der Waals surface area (Å²) in [6.07, 6.45) is 7.70. The molecule has 0 radical (unpaired) electrons. The summed E-state index contributed by atoms with van der Waals surface area (Å²) in [5.41, 5.74) is 2.23. The number of nitrogens with zero attached hydrogens (tertiary/aromatic N) is 2. The van der Waals surface area contributed by atoms with Crippen LogP contribution in [0.1, 0.15) is 19.8 Å². The highest BCUT2D eigenvalue weighted by Gasteiger charge is 2.28. The first-order chi connectivity index (χ1) is 7.11. The van der Waals surface area contributed by atoms with Gasteiger partial charge in [0.2, 0.25) is 0 Å². The average Bonchev–Trinajstić information content (AvgIpc) is 2.37. The third kappa shape index (κ3) is 1.74. The molecule has 4 heteroatoms. The Balaban J connectivity index is 2.55. The molecule has 80 valence electrons. The Kier molecular flexibility index (Phi) is 2.69. The highest BCUT2D eigenvalue weighted by atomic mass is 79.9. The van der Waals surface area contributed by atoms with E-state index in [0.717, 1.165) is 23.0 Å². The molecule has 3 nitrogen and oxygen atoms in total. The van der Waals surface area contributed by atoms with Crippen LogP contribution in [0, 0.1) is 0 Å². The van der Waals surface area contributed by atoms with E-state index >= 15 is 0 Å². The summed E-state index contributed by atoms with van der Waals surface area (Å²) >= 11 is 3.51. The Morgan fingerprint density at radius 3 is 2.93 bits per heavy atom. The maximum atomic E-state index is 11.9. The summed E-state index contributed by atoms with van der Waals surface area (Å²) in [5, 5.41) is 0. The van der Waals surface area contributed by atoms with Gasteiger partial charge in [-0.15, -0.1) is 0 Å². The number of carbonyl (C=O) groups is 1. The van der Waals surface area contributed by atoms with E-state index in [9.17, 15) is 4.79 Å². The fourth-order valence-corrected chi connectivity index (χ4v) is 2.65. The molecule has 0 bridgehead atoms. The highest BCUT2D eigenvalue weighted by Crippen LogP contribution is 2.33. The van der Waals surface area contributed by atoms with E-state index in [1.54, 1.807) is 16.8 Å². The van der Waals surface area contributed by atoms with Gasteiger partial charge in [-0.25, -0.2) is 4.79 Å². The van der Waals surface area contributed by atoms with Gasteiger partial charge in [-0.05, 0) is 41.3 Å². The van der Waals surface area contributed by atoms with Crippen LogP contribution in [0.2, 0.25) is 0 Å². The van der Waals surface area contributed by atoms with Crippen LogP contribution in [-0.2, 0) is 0 Å². The smallest absolute Gasteiger partial charge is 0.302 e. The van der Waals surface area contributed by atoms with Crippen LogP contribution in [0.5, 0.6) is 0 Å². The maximum Gasteiger partial charge on any atom is 0.332 e. The van der Waals surface area contributed by atoms with Gasteiger partial charge in [0.05, 0.1) is 10.2 Å². The Morgan fingerprint density at radius 1 is 1.47 bits per heavy atom. The summed E-state index contributed by atoms with van der Waals surface area (Å²) in [7, 11) is 1.76. The van der Waals surface area contributed by atoms with Crippen molar-refractivity contribution in [3.63, 3.8) is 0 Å². The number of halogens is 1. The van der Waals surface area contributed by atoms with Crippen molar-refractivity contribution in [2.45, 2.75) is 19.8 Å². The molecule has 0 aromatic rings. The SMILES string of the molecule is CC1=C2C(Br)=CN(C)C(=O)N2C=CCC1. The van der Waals surface area contributed by atoms with Crippen molar-refractivity contribution >= 4 is 22.0 Å². The molecule has 0 saturated carbocycles. The van der Waals surface area contributed by atoms with Crippen LogP contribution in [0.25, 0.3) is 0 Å².